The Hall–Kier alpha value is -1.79. The zero-order valence-corrected chi connectivity index (χ0v) is 18.4. The molecule has 3 fully saturated rings. The standard InChI is InChI=1S/C26H32O5/c1-4-5-13-26(28-16-17-9-7-6-8-10-17)22(29-24-23(26)30-25(2,3)31-24)21(27)20-15-18-11-12-19(20)14-18/h4,6-12,18-20,22-24H,1,5,13-16H2,2-3H3/t18-,19+,20-,22+,23-,24+,26+/m0/s1. The van der Waals surface area contributed by atoms with E-state index < -0.39 is 29.9 Å². The van der Waals surface area contributed by atoms with Gasteiger partial charge in [-0.25, -0.2) is 0 Å². The van der Waals surface area contributed by atoms with E-state index >= 15 is 0 Å². The van der Waals surface area contributed by atoms with Crippen LogP contribution in [0.3, 0.4) is 0 Å². The first-order chi connectivity index (χ1) is 14.9. The molecule has 0 unspecified atom stereocenters. The number of fused-ring (bicyclic) bond motifs is 3. The van der Waals surface area contributed by atoms with Crippen LogP contribution in [-0.2, 0) is 30.3 Å². The van der Waals surface area contributed by atoms with Gasteiger partial charge in [0.15, 0.2) is 24.0 Å². The van der Waals surface area contributed by atoms with Crippen LogP contribution in [0.15, 0.2) is 55.1 Å². The molecule has 1 aromatic carbocycles. The molecule has 5 nitrogen and oxygen atoms in total. The van der Waals surface area contributed by atoms with Crippen LogP contribution in [0.25, 0.3) is 0 Å². The Bertz CT molecular complexity index is 862. The minimum Gasteiger partial charge on any atom is -0.364 e. The van der Waals surface area contributed by atoms with E-state index in [9.17, 15) is 4.79 Å². The number of benzene rings is 1. The summed E-state index contributed by atoms with van der Waals surface area (Å²) in [7, 11) is 0. The van der Waals surface area contributed by atoms with Gasteiger partial charge < -0.3 is 18.9 Å². The Balaban J connectivity index is 1.47. The van der Waals surface area contributed by atoms with Crippen molar-refractivity contribution in [3.8, 4) is 0 Å². The van der Waals surface area contributed by atoms with Crippen molar-refractivity contribution in [2.45, 2.75) is 76.0 Å². The van der Waals surface area contributed by atoms with Crippen LogP contribution < -0.4 is 0 Å². The lowest BCUT2D eigenvalue weighted by molar-refractivity contribution is -0.238. The molecule has 2 heterocycles. The molecule has 1 aromatic rings. The molecule has 5 heteroatoms. The van der Waals surface area contributed by atoms with Gasteiger partial charge in [-0.05, 0) is 56.9 Å². The number of carbonyl (C=O) groups is 1. The van der Waals surface area contributed by atoms with Crippen LogP contribution in [0, 0.1) is 17.8 Å². The number of hydrogen-bond donors (Lipinski definition) is 0. The fourth-order valence-electron chi connectivity index (χ4n) is 5.79. The first-order valence-corrected chi connectivity index (χ1v) is 11.4. The number of carbonyl (C=O) groups excluding carboxylic acids is 1. The highest BCUT2D eigenvalue weighted by Gasteiger charge is 2.67. The summed E-state index contributed by atoms with van der Waals surface area (Å²) in [5.41, 5.74) is 0.140. The van der Waals surface area contributed by atoms with Crippen molar-refractivity contribution in [1.82, 2.24) is 0 Å². The van der Waals surface area contributed by atoms with Crippen molar-refractivity contribution in [3.63, 3.8) is 0 Å². The summed E-state index contributed by atoms with van der Waals surface area (Å²) in [5.74, 6) is 0.155. The Kier molecular flexibility index (Phi) is 5.41. The van der Waals surface area contributed by atoms with Crippen LogP contribution in [0.1, 0.15) is 45.1 Å². The van der Waals surface area contributed by atoms with Gasteiger partial charge in [0.1, 0.15) is 11.7 Å². The molecule has 2 aliphatic heterocycles. The zero-order valence-electron chi connectivity index (χ0n) is 18.4. The summed E-state index contributed by atoms with van der Waals surface area (Å²) in [6, 6.07) is 10.0. The van der Waals surface area contributed by atoms with E-state index in [0.717, 1.165) is 18.4 Å². The number of ketones is 1. The molecule has 0 spiro atoms. The predicted molar refractivity (Wildman–Crippen MR) is 116 cm³/mol. The largest absolute Gasteiger partial charge is 0.364 e. The van der Waals surface area contributed by atoms with Gasteiger partial charge in [0, 0.05) is 5.92 Å². The monoisotopic (exact) mass is 424 g/mol. The molecular weight excluding hydrogens is 392 g/mol. The lowest BCUT2D eigenvalue weighted by Crippen LogP contribution is -2.55. The van der Waals surface area contributed by atoms with Gasteiger partial charge in [0.05, 0.1) is 6.61 Å². The van der Waals surface area contributed by atoms with Gasteiger partial charge in [-0.3, -0.25) is 4.79 Å². The maximum absolute atomic E-state index is 13.8. The lowest BCUT2D eigenvalue weighted by Gasteiger charge is -2.39. The zero-order chi connectivity index (χ0) is 21.6. The summed E-state index contributed by atoms with van der Waals surface area (Å²) in [6.45, 7) is 8.04. The SMILES string of the molecule is C=CCC[C@@]1(OCc2ccccc2)[C@@H](C(=O)[C@H]2C[C@H]3C=C[C@@H]2C3)O[C@@H]2OC(C)(C)O[C@@H]21. The summed E-state index contributed by atoms with van der Waals surface area (Å²) in [4.78, 5) is 13.8. The Morgan fingerprint density at radius 3 is 2.68 bits per heavy atom. The highest BCUT2D eigenvalue weighted by atomic mass is 16.8. The average molecular weight is 425 g/mol. The maximum atomic E-state index is 13.8. The molecule has 2 saturated heterocycles. The quantitative estimate of drug-likeness (QED) is 0.573. The van der Waals surface area contributed by atoms with Crippen LogP contribution in [0.4, 0.5) is 0 Å². The van der Waals surface area contributed by atoms with Crippen LogP contribution in [-0.4, -0.2) is 35.7 Å². The Labute approximate surface area is 184 Å². The summed E-state index contributed by atoms with van der Waals surface area (Å²) in [5, 5.41) is 0. The van der Waals surface area contributed by atoms with Gasteiger partial charge in [-0.15, -0.1) is 6.58 Å². The van der Waals surface area contributed by atoms with Crippen LogP contribution in [0.5, 0.6) is 0 Å². The Morgan fingerprint density at radius 1 is 1.19 bits per heavy atom. The number of hydrogen-bond acceptors (Lipinski definition) is 5. The van der Waals surface area contributed by atoms with Crippen molar-refractivity contribution >= 4 is 5.78 Å². The highest BCUT2D eigenvalue weighted by molar-refractivity contribution is 5.88. The second-order valence-corrected chi connectivity index (χ2v) is 9.79. The van der Waals surface area contributed by atoms with Crippen LogP contribution >= 0.6 is 0 Å². The van der Waals surface area contributed by atoms with Gasteiger partial charge in [0.2, 0.25) is 0 Å². The molecule has 166 valence electrons. The van der Waals surface area contributed by atoms with Crippen molar-refractivity contribution in [2.24, 2.45) is 17.8 Å². The van der Waals surface area contributed by atoms with E-state index in [4.69, 9.17) is 18.9 Å². The summed E-state index contributed by atoms with van der Waals surface area (Å²) >= 11 is 0. The smallest absolute Gasteiger partial charge is 0.191 e. The molecule has 0 aromatic heterocycles. The van der Waals surface area contributed by atoms with E-state index in [1.165, 1.54) is 0 Å². The number of allylic oxidation sites excluding steroid dienone is 3. The Morgan fingerprint density at radius 2 is 2.00 bits per heavy atom. The third-order valence-electron chi connectivity index (χ3n) is 7.25. The van der Waals surface area contributed by atoms with E-state index in [0.29, 0.717) is 31.3 Å². The average Bonchev–Trinajstić information content (AvgIpc) is 3.51. The predicted octanol–water partition coefficient (Wildman–Crippen LogP) is 4.57. The molecule has 1 saturated carbocycles. The minimum atomic E-state index is -0.912. The van der Waals surface area contributed by atoms with Crippen molar-refractivity contribution < 1.29 is 23.7 Å². The molecule has 7 atom stereocenters. The molecule has 0 N–H and O–H groups in total. The van der Waals surface area contributed by atoms with Gasteiger partial charge in [-0.2, -0.15) is 0 Å². The molecule has 2 aliphatic carbocycles. The minimum absolute atomic E-state index is 0.0183. The first-order valence-electron chi connectivity index (χ1n) is 11.4. The van der Waals surface area contributed by atoms with Crippen molar-refractivity contribution in [2.75, 3.05) is 0 Å². The van der Waals surface area contributed by atoms with Gasteiger partial charge in [0.25, 0.3) is 0 Å². The molecule has 4 aliphatic rings. The second kappa shape index (κ2) is 7.96. The van der Waals surface area contributed by atoms with Gasteiger partial charge in [-0.1, -0.05) is 48.6 Å². The van der Waals surface area contributed by atoms with E-state index in [1.807, 2.05) is 50.3 Å². The number of Topliss-reactive ketones (excluding diaryl/α,β-unsaturated/α-hetero) is 1. The first kappa shape index (κ1) is 21.1. The fourth-order valence-corrected chi connectivity index (χ4v) is 5.79. The lowest BCUT2D eigenvalue weighted by atomic mass is 9.78. The third kappa shape index (κ3) is 3.72. The number of ether oxygens (including phenoxy) is 4. The molecule has 31 heavy (non-hydrogen) atoms. The fraction of sp³-hybridized carbons (Fsp3) is 0.577. The van der Waals surface area contributed by atoms with Crippen molar-refractivity contribution in [1.29, 1.82) is 0 Å². The molecule has 0 amide bonds. The van der Waals surface area contributed by atoms with E-state index in [2.05, 4.69) is 18.7 Å². The van der Waals surface area contributed by atoms with E-state index in [1.54, 1.807) is 0 Å². The molecule has 0 radical (unpaired) electrons. The summed E-state index contributed by atoms with van der Waals surface area (Å²) < 4.78 is 25.3. The normalized spacial score (nSPS) is 39.7. The third-order valence-corrected chi connectivity index (χ3v) is 7.25. The number of rotatable bonds is 8. The molecular formula is C26H32O5. The second-order valence-electron chi connectivity index (χ2n) is 9.79. The summed E-state index contributed by atoms with van der Waals surface area (Å²) in [6.07, 6.45) is 7.81. The van der Waals surface area contributed by atoms with E-state index in [-0.39, 0.29) is 11.7 Å². The maximum Gasteiger partial charge on any atom is 0.191 e. The molecule has 5 rings (SSSR count). The van der Waals surface area contributed by atoms with Crippen molar-refractivity contribution in [3.05, 3.63) is 60.7 Å². The topological polar surface area (TPSA) is 54.0 Å². The highest BCUT2D eigenvalue weighted by Crippen LogP contribution is 2.51. The van der Waals surface area contributed by atoms with Gasteiger partial charge >= 0.3 is 0 Å². The van der Waals surface area contributed by atoms with Crippen LogP contribution in [0.2, 0.25) is 0 Å². The molecule has 2 bridgehead atoms.